The average Bonchev–Trinajstić information content (AvgIpc) is 2.68. The number of rotatable bonds is 5. The zero-order valence-corrected chi connectivity index (χ0v) is 15.5. The van der Waals surface area contributed by atoms with Gasteiger partial charge in [0.2, 0.25) is 0 Å². The lowest BCUT2D eigenvalue weighted by atomic mass is 9.67. The highest BCUT2D eigenvalue weighted by atomic mass is 16.5. The van der Waals surface area contributed by atoms with Crippen LogP contribution < -0.4 is 10.5 Å². The van der Waals surface area contributed by atoms with Gasteiger partial charge in [-0.25, -0.2) is 0 Å². The maximum absolute atomic E-state index is 6.27. The van der Waals surface area contributed by atoms with Crippen LogP contribution in [0.2, 0.25) is 0 Å². The Hall–Kier alpha value is -1.02. The number of hydrogen-bond acceptors (Lipinski definition) is 2. The van der Waals surface area contributed by atoms with Crippen molar-refractivity contribution < 1.29 is 4.74 Å². The van der Waals surface area contributed by atoms with Gasteiger partial charge in [0.1, 0.15) is 5.75 Å². The van der Waals surface area contributed by atoms with E-state index in [9.17, 15) is 0 Å². The number of methoxy groups -OCH3 is 1. The molecule has 0 radical (unpaired) electrons. The molecule has 2 fully saturated rings. The smallest absolute Gasteiger partial charge is 0.118 e. The first-order valence-corrected chi connectivity index (χ1v) is 10.1. The first-order valence-electron chi connectivity index (χ1n) is 10.1. The van der Waals surface area contributed by atoms with Crippen molar-refractivity contribution >= 4 is 0 Å². The highest BCUT2D eigenvalue weighted by molar-refractivity contribution is 5.29. The molecule has 0 bridgehead atoms. The fourth-order valence-electron chi connectivity index (χ4n) is 5.18. The van der Waals surface area contributed by atoms with Crippen LogP contribution in [0.3, 0.4) is 0 Å². The van der Waals surface area contributed by atoms with Crippen molar-refractivity contribution in [2.75, 3.05) is 7.11 Å². The van der Waals surface area contributed by atoms with Gasteiger partial charge in [-0.2, -0.15) is 0 Å². The topological polar surface area (TPSA) is 35.2 Å². The Balaban J connectivity index is 1.47. The summed E-state index contributed by atoms with van der Waals surface area (Å²) in [5, 5.41) is 0. The summed E-state index contributed by atoms with van der Waals surface area (Å²) in [4.78, 5) is 0. The molecule has 24 heavy (non-hydrogen) atoms. The maximum Gasteiger partial charge on any atom is 0.118 e. The summed E-state index contributed by atoms with van der Waals surface area (Å²) in [5.41, 5.74) is 7.77. The molecule has 2 nitrogen and oxygen atoms in total. The zero-order chi connectivity index (χ0) is 16.9. The summed E-state index contributed by atoms with van der Waals surface area (Å²) in [6, 6.07) is 9.19. The van der Waals surface area contributed by atoms with Crippen molar-refractivity contribution in [1.29, 1.82) is 0 Å². The summed E-state index contributed by atoms with van der Waals surface area (Å²) in [7, 11) is 1.74. The second-order valence-corrected chi connectivity index (χ2v) is 8.13. The Labute approximate surface area is 148 Å². The number of nitrogens with two attached hydrogens (primary N) is 1. The van der Waals surface area contributed by atoms with Crippen LogP contribution in [0.5, 0.6) is 5.75 Å². The quantitative estimate of drug-likeness (QED) is 0.772. The second-order valence-electron chi connectivity index (χ2n) is 8.13. The SMILES string of the molecule is CCC(N)C1CCC(C2CCC(c3ccc(OC)cc3)CC2)CC1. The van der Waals surface area contributed by atoms with Crippen LogP contribution in [0, 0.1) is 17.8 Å². The molecular weight excluding hydrogens is 294 g/mol. The van der Waals surface area contributed by atoms with Crippen molar-refractivity contribution in [3.8, 4) is 5.75 Å². The molecule has 0 saturated heterocycles. The van der Waals surface area contributed by atoms with Gasteiger partial charge in [0.25, 0.3) is 0 Å². The van der Waals surface area contributed by atoms with Crippen LogP contribution in [-0.4, -0.2) is 13.2 Å². The lowest BCUT2D eigenvalue weighted by Crippen LogP contribution is -2.34. The molecule has 2 N–H and O–H groups in total. The summed E-state index contributed by atoms with van der Waals surface area (Å²) in [5.74, 6) is 4.47. The van der Waals surface area contributed by atoms with E-state index in [1.165, 1.54) is 56.9 Å². The summed E-state index contributed by atoms with van der Waals surface area (Å²) in [6.45, 7) is 2.23. The van der Waals surface area contributed by atoms with Crippen molar-refractivity contribution in [2.24, 2.45) is 23.5 Å². The molecule has 1 atom stereocenters. The average molecular weight is 330 g/mol. The number of hydrogen-bond donors (Lipinski definition) is 1. The molecule has 3 rings (SSSR count). The van der Waals surface area contributed by atoms with E-state index in [-0.39, 0.29) is 0 Å². The monoisotopic (exact) mass is 329 g/mol. The molecule has 2 saturated carbocycles. The van der Waals surface area contributed by atoms with Crippen molar-refractivity contribution in [3.63, 3.8) is 0 Å². The number of ether oxygens (including phenoxy) is 1. The van der Waals surface area contributed by atoms with Crippen molar-refractivity contribution in [3.05, 3.63) is 29.8 Å². The van der Waals surface area contributed by atoms with Gasteiger partial charge in [-0.15, -0.1) is 0 Å². The minimum Gasteiger partial charge on any atom is -0.497 e. The highest BCUT2D eigenvalue weighted by Crippen LogP contribution is 2.44. The van der Waals surface area contributed by atoms with Gasteiger partial charge >= 0.3 is 0 Å². The normalized spacial score (nSPS) is 32.3. The predicted octanol–water partition coefficient (Wildman–Crippen LogP) is 5.51. The molecule has 1 aromatic rings. The summed E-state index contributed by atoms with van der Waals surface area (Å²) in [6.07, 6.45) is 12.3. The third-order valence-electron chi connectivity index (χ3n) is 6.92. The van der Waals surface area contributed by atoms with Gasteiger partial charge in [-0.3, -0.25) is 0 Å². The molecule has 0 aliphatic heterocycles. The molecular formula is C22H35NO. The first-order chi connectivity index (χ1) is 11.7. The van der Waals surface area contributed by atoms with E-state index < -0.39 is 0 Å². The largest absolute Gasteiger partial charge is 0.497 e. The molecule has 1 unspecified atom stereocenters. The predicted molar refractivity (Wildman–Crippen MR) is 101 cm³/mol. The minimum atomic E-state index is 0.441. The van der Waals surface area contributed by atoms with Crippen LogP contribution in [-0.2, 0) is 0 Å². The van der Waals surface area contributed by atoms with E-state index in [1.807, 2.05) is 0 Å². The van der Waals surface area contributed by atoms with Crippen LogP contribution in [0.15, 0.2) is 24.3 Å². The van der Waals surface area contributed by atoms with E-state index in [0.717, 1.165) is 35.8 Å². The molecule has 2 aliphatic carbocycles. The Morgan fingerprint density at radius 3 is 1.96 bits per heavy atom. The molecule has 0 aromatic heterocycles. The van der Waals surface area contributed by atoms with Gasteiger partial charge in [0.15, 0.2) is 0 Å². The molecule has 0 spiro atoms. The minimum absolute atomic E-state index is 0.441. The zero-order valence-electron chi connectivity index (χ0n) is 15.5. The lowest BCUT2D eigenvalue weighted by Gasteiger charge is -2.39. The van der Waals surface area contributed by atoms with Crippen LogP contribution in [0.1, 0.15) is 76.2 Å². The van der Waals surface area contributed by atoms with E-state index in [0.29, 0.717) is 6.04 Å². The summed E-state index contributed by atoms with van der Waals surface area (Å²) >= 11 is 0. The second kappa shape index (κ2) is 8.38. The molecule has 2 heteroatoms. The third kappa shape index (κ3) is 4.14. The highest BCUT2D eigenvalue weighted by Gasteiger charge is 2.32. The maximum atomic E-state index is 6.27. The Morgan fingerprint density at radius 1 is 0.917 bits per heavy atom. The lowest BCUT2D eigenvalue weighted by molar-refractivity contribution is 0.149. The van der Waals surface area contributed by atoms with E-state index in [2.05, 4.69) is 31.2 Å². The van der Waals surface area contributed by atoms with Crippen LogP contribution in [0.25, 0.3) is 0 Å². The van der Waals surface area contributed by atoms with E-state index >= 15 is 0 Å². The fraction of sp³-hybridized carbons (Fsp3) is 0.727. The standard InChI is InChI=1S/C22H35NO/c1-3-22(23)20-10-8-18(9-11-20)16-4-6-17(7-5-16)19-12-14-21(24-2)15-13-19/h12-18,20,22H,3-11,23H2,1-2H3. The first kappa shape index (κ1) is 17.8. The molecule has 0 amide bonds. The van der Waals surface area contributed by atoms with Gasteiger partial charge in [0, 0.05) is 6.04 Å². The van der Waals surface area contributed by atoms with Gasteiger partial charge < -0.3 is 10.5 Å². The molecule has 1 aromatic carbocycles. The fourth-order valence-corrected chi connectivity index (χ4v) is 5.18. The molecule has 2 aliphatic rings. The summed E-state index contributed by atoms with van der Waals surface area (Å²) < 4.78 is 5.28. The Kier molecular flexibility index (Phi) is 6.21. The van der Waals surface area contributed by atoms with Crippen LogP contribution in [0.4, 0.5) is 0 Å². The van der Waals surface area contributed by atoms with E-state index in [1.54, 1.807) is 7.11 Å². The molecule has 0 heterocycles. The number of benzene rings is 1. The molecule has 134 valence electrons. The van der Waals surface area contributed by atoms with Crippen molar-refractivity contribution in [2.45, 2.75) is 76.7 Å². The van der Waals surface area contributed by atoms with E-state index in [4.69, 9.17) is 10.5 Å². The van der Waals surface area contributed by atoms with Gasteiger partial charge in [-0.05, 0) is 99.2 Å². The third-order valence-corrected chi connectivity index (χ3v) is 6.92. The van der Waals surface area contributed by atoms with Gasteiger partial charge in [0.05, 0.1) is 7.11 Å². The van der Waals surface area contributed by atoms with Crippen LogP contribution >= 0.6 is 0 Å². The Morgan fingerprint density at radius 2 is 1.46 bits per heavy atom. The van der Waals surface area contributed by atoms with Crippen molar-refractivity contribution in [1.82, 2.24) is 0 Å². The Bertz CT molecular complexity index is 481. The van der Waals surface area contributed by atoms with Gasteiger partial charge in [-0.1, -0.05) is 19.1 Å².